The van der Waals surface area contributed by atoms with Gasteiger partial charge in [0.05, 0.1) is 5.69 Å². The molecule has 2 aromatic rings. The lowest BCUT2D eigenvalue weighted by atomic mass is 10.2. The van der Waals surface area contributed by atoms with Gasteiger partial charge in [-0.2, -0.15) is 0 Å². The third-order valence-corrected chi connectivity index (χ3v) is 2.51. The van der Waals surface area contributed by atoms with Gasteiger partial charge in [-0.25, -0.2) is 18.2 Å². The second-order valence-electron chi connectivity index (χ2n) is 4.40. The molecule has 2 rings (SSSR count). The molecule has 8 heteroatoms. The van der Waals surface area contributed by atoms with Crippen molar-refractivity contribution < 1.29 is 18.0 Å². The van der Waals surface area contributed by atoms with E-state index in [9.17, 15) is 18.0 Å². The fourth-order valence-electron chi connectivity index (χ4n) is 1.43. The van der Waals surface area contributed by atoms with Crippen LogP contribution in [-0.2, 0) is 0 Å². The zero-order valence-corrected chi connectivity index (χ0v) is 10.7. The Bertz CT molecular complexity index is 654. The van der Waals surface area contributed by atoms with Crippen molar-refractivity contribution in [3.8, 4) is 0 Å². The van der Waals surface area contributed by atoms with Crippen LogP contribution >= 0.6 is 0 Å². The molecule has 1 heterocycles. The van der Waals surface area contributed by atoms with Crippen molar-refractivity contribution in [2.75, 3.05) is 5.32 Å². The first-order valence-electron chi connectivity index (χ1n) is 5.76. The molecule has 0 saturated carbocycles. The predicted octanol–water partition coefficient (Wildman–Crippen LogP) is 2.60. The van der Waals surface area contributed by atoms with Crippen molar-refractivity contribution in [3.63, 3.8) is 0 Å². The van der Waals surface area contributed by atoms with Crippen LogP contribution in [0.5, 0.6) is 0 Å². The Balaban J connectivity index is 2.21. The van der Waals surface area contributed by atoms with E-state index in [0.29, 0.717) is 18.0 Å². The molecule has 0 fully saturated rings. The van der Waals surface area contributed by atoms with Crippen LogP contribution in [0.4, 0.5) is 18.9 Å². The molecular formula is C12H11F3N4O. The predicted molar refractivity (Wildman–Crippen MR) is 64.7 cm³/mol. The molecule has 1 aromatic heterocycles. The van der Waals surface area contributed by atoms with E-state index in [4.69, 9.17) is 0 Å². The zero-order chi connectivity index (χ0) is 14.9. The number of halogens is 3. The van der Waals surface area contributed by atoms with Gasteiger partial charge in [-0.1, -0.05) is 13.8 Å². The van der Waals surface area contributed by atoms with Crippen LogP contribution in [0.3, 0.4) is 0 Å². The van der Waals surface area contributed by atoms with Gasteiger partial charge in [0.1, 0.15) is 11.6 Å². The average Bonchev–Trinajstić information content (AvgIpc) is 2.85. The van der Waals surface area contributed by atoms with Gasteiger partial charge in [0.2, 0.25) is 5.82 Å². The number of hydrogen-bond acceptors (Lipinski definition) is 3. The monoisotopic (exact) mass is 284 g/mol. The standard InChI is InChI=1S/C12H11F3N4O/c1-5(2)10-17-11(19-18-10)12(20)16-9-4-7(14)6(13)3-8(9)15/h3-5H,1-2H3,(H,16,20)(H,17,18,19). The van der Waals surface area contributed by atoms with Gasteiger partial charge < -0.3 is 5.32 Å². The van der Waals surface area contributed by atoms with E-state index in [1.54, 1.807) is 0 Å². The lowest BCUT2D eigenvalue weighted by molar-refractivity contribution is 0.101. The summed E-state index contributed by atoms with van der Waals surface area (Å²) in [5, 5.41) is 8.30. The number of nitrogens with zero attached hydrogens (tertiary/aromatic N) is 2. The molecule has 1 amide bonds. The number of anilines is 1. The molecule has 106 valence electrons. The maximum atomic E-state index is 13.4. The summed E-state index contributed by atoms with van der Waals surface area (Å²) in [5.41, 5.74) is -0.482. The molecule has 0 radical (unpaired) electrons. The number of benzene rings is 1. The summed E-state index contributed by atoms with van der Waals surface area (Å²) in [6, 6.07) is 0.904. The Morgan fingerprint density at radius 2 is 1.85 bits per heavy atom. The number of hydrogen-bond donors (Lipinski definition) is 2. The van der Waals surface area contributed by atoms with E-state index < -0.39 is 29.0 Å². The van der Waals surface area contributed by atoms with Crippen LogP contribution in [-0.4, -0.2) is 21.1 Å². The number of nitrogens with one attached hydrogen (secondary N) is 2. The highest BCUT2D eigenvalue weighted by Gasteiger charge is 2.17. The normalized spacial score (nSPS) is 10.9. The third kappa shape index (κ3) is 2.79. The van der Waals surface area contributed by atoms with Crippen LogP contribution < -0.4 is 5.32 Å². The summed E-state index contributed by atoms with van der Waals surface area (Å²) in [5.74, 6) is -4.20. The van der Waals surface area contributed by atoms with Gasteiger partial charge in [-0.15, -0.1) is 5.10 Å². The van der Waals surface area contributed by atoms with Crippen molar-refractivity contribution in [1.29, 1.82) is 0 Å². The quantitative estimate of drug-likeness (QED) is 0.851. The van der Waals surface area contributed by atoms with Crippen molar-refractivity contribution in [2.45, 2.75) is 19.8 Å². The van der Waals surface area contributed by atoms with Crippen LogP contribution in [0.2, 0.25) is 0 Å². The maximum absolute atomic E-state index is 13.4. The Hall–Kier alpha value is -2.38. The van der Waals surface area contributed by atoms with Gasteiger partial charge in [0, 0.05) is 18.1 Å². The molecule has 0 bridgehead atoms. The molecule has 0 aliphatic heterocycles. The topological polar surface area (TPSA) is 70.7 Å². The van der Waals surface area contributed by atoms with Gasteiger partial charge in [0.25, 0.3) is 5.91 Å². The molecule has 0 aliphatic carbocycles. The van der Waals surface area contributed by atoms with Crippen molar-refractivity contribution in [2.24, 2.45) is 0 Å². The Morgan fingerprint density at radius 3 is 2.45 bits per heavy atom. The van der Waals surface area contributed by atoms with E-state index in [0.717, 1.165) is 0 Å². The van der Waals surface area contributed by atoms with E-state index in [2.05, 4.69) is 20.5 Å². The van der Waals surface area contributed by atoms with Crippen LogP contribution in [0.25, 0.3) is 0 Å². The highest BCUT2D eigenvalue weighted by Crippen LogP contribution is 2.19. The minimum absolute atomic E-state index is 0.0315. The molecule has 0 aliphatic rings. The number of carbonyl (C=O) groups is 1. The van der Waals surface area contributed by atoms with Crippen molar-refractivity contribution in [1.82, 2.24) is 15.2 Å². The van der Waals surface area contributed by atoms with E-state index in [1.807, 2.05) is 13.8 Å². The molecule has 20 heavy (non-hydrogen) atoms. The molecular weight excluding hydrogens is 273 g/mol. The molecule has 0 atom stereocenters. The van der Waals surface area contributed by atoms with Crippen LogP contribution in [0.15, 0.2) is 12.1 Å². The maximum Gasteiger partial charge on any atom is 0.295 e. The SMILES string of the molecule is CC(C)c1nc(C(=O)Nc2cc(F)c(F)cc2F)n[nH]1. The second kappa shape index (κ2) is 5.32. The number of aromatic nitrogens is 3. The van der Waals surface area contributed by atoms with Gasteiger partial charge in [-0.05, 0) is 0 Å². The highest BCUT2D eigenvalue weighted by molar-refractivity contribution is 6.01. The molecule has 0 saturated heterocycles. The second-order valence-corrected chi connectivity index (χ2v) is 4.40. The first-order valence-corrected chi connectivity index (χ1v) is 5.76. The molecule has 2 N–H and O–H groups in total. The fraction of sp³-hybridized carbons (Fsp3) is 0.250. The number of amides is 1. The largest absolute Gasteiger partial charge is 0.317 e. The third-order valence-electron chi connectivity index (χ3n) is 2.51. The Kier molecular flexibility index (Phi) is 3.73. The van der Waals surface area contributed by atoms with E-state index >= 15 is 0 Å². The zero-order valence-electron chi connectivity index (χ0n) is 10.7. The van der Waals surface area contributed by atoms with Crippen molar-refractivity contribution in [3.05, 3.63) is 41.2 Å². The number of rotatable bonds is 3. The summed E-state index contributed by atoms with van der Waals surface area (Å²) in [6.45, 7) is 3.69. The summed E-state index contributed by atoms with van der Waals surface area (Å²) in [4.78, 5) is 15.7. The molecule has 1 aromatic carbocycles. The summed E-state index contributed by atoms with van der Waals surface area (Å²) >= 11 is 0. The number of aromatic amines is 1. The van der Waals surface area contributed by atoms with Gasteiger partial charge in [-0.3, -0.25) is 9.89 Å². The first-order chi connectivity index (χ1) is 9.38. The van der Waals surface area contributed by atoms with Crippen LogP contribution in [0.1, 0.15) is 36.2 Å². The highest BCUT2D eigenvalue weighted by atomic mass is 19.2. The Morgan fingerprint density at radius 1 is 1.20 bits per heavy atom. The summed E-state index contributed by atoms with van der Waals surface area (Å²) in [6.07, 6.45) is 0. The molecule has 5 nitrogen and oxygen atoms in total. The van der Waals surface area contributed by atoms with Crippen LogP contribution in [0, 0.1) is 17.5 Å². The lowest BCUT2D eigenvalue weighted by Gasteiger charge is -2.04. The lowest BCUT2D eigenvalue weighted by Crippen LogP contribution is -2.15. The van der Waals surface area contributed by atoms with E-state index in [1.165, 1.54) is 0 Å². The van der Waals surface area contributed by atoms with E-state index in [-0.39, 0.29) is 11.7 Å². The average molecular weight is 284 g/mol. The summed E-state index contributed by atoms with van der Waals surface area (Å²) in [7, 11) is 0. The Labute approximate surface area is 112 Å². The summed E-state index contributed by atoms with van der Waals surface area (Å²) < 4.78 is 39.1. The minimum Gasteiger partial charge on any atom is -0.317 e. The smallest absolute Gasteiger partial charge is 0.295 e. The molecule has 0 unspecified atom stereocenters. The van der Waals surface area contributed by atoms with Gasteiger partial charge >= 0.3 is 0 Å². The number of H-pyrrole nitrogens is 1. The molecule has 0 spiro atoms. The fourth-order valence-corrected chi connectivity index (χ4v) is 1.43. The van der Waals surface area contributed by atoms with Gasteiger partial charge in [0.15, 0.2) is 11.6 Å². The first kappa shape index (κ1) is 14.0. The van der Waals surface area contributed by atoms with Crippen molar-refractivity contribution >= 4 is 11.6 Å². The minimum atomic E-state index is -1.33. The number of carbonyl (C=O) groups excluding carboxylic acids is 1.